The van der Waals surface area contributed by atoms with E-state index in [1.165, 1.54) is 24.4 Å². The molecule has 3 rings (SSSR count). The summed E-state index contributed by atoms with van der Waals surface area (Å²) in [6.07, 6.45) is -3.02. The van der Waals surface area contributed by atoms with E-state index in [4.69, 9.17) is 11.6 Å². The van der Waals surface area contributed by atoms with Crippen LogP contribution in [-0.2, 0) is 6.18 Å². The third-order valence-corrected chi connectivity index (χ3v) is 3.86. The molecule has 4 nitrogen and oxygen atoms in total. The molecular weight excluding hydrogens is 379 g/mol. The van der Waals surface area contributed by atoms with E-state index in [0.29, 0.717) is 10.7 Å². The van der Waals surface area contributed by atoms with Crippen molar-refractivity contribution >= 4 is 34.7 Å². The Balaban J connectivity index is 1.84. The maximum absolute atomic E-state index is 12.9. The van der Waals surface area contributed by atoms with Gasteiger partial charge >= 0.3 is 6.18 Å². The van der Waals surface area contributed by atoms with Crippen molar-refractivity contribution in [3.8, 4) is 0 Å². The monoisotopic (exact) mass is 391 g/mol. The van der Waals surface area contributed by atoms with E-state index in [1.807, 2.05) is 0 Å². The second-order valence-corrected chi connectivity index (χ2v) is 6.00. The van der Waals surface area contributed by atoms with Crippen LogP contribution in [0, 0.1) is 0 Å². The van der Waals surface area contributed by atoms with Gasteiger partial charge in [-0.3, -0.25) is 4.79 Å². The number of benzene rings is 2. The van der Waals surface area contributed by atoms with E-state index in [-0.39, 0.29) is 17.1 Å². The minimum atomic E-state index is -4.46. The van der Waals surface area contributed by atoms with Gasteiger partial charge < -0.3 is 10.6 Å². The normalized spacial score (nSPS) is 11.1. The van der Waals surface area contributed by atoms with Gasteiger partial charge in [0.05, 0.1) is 11.1 Å². The van der Waals surface area contributed by atoms with Gasteiger partial charge in [0.1, 0.15) is 5.82 Å². The fourth-order valence-electron chi connectivity index (χ4n) is 2.33. The molecular formula is C19H13ClF3N3O. The van der Waals surface area contributed by atoms with Crippen LogP contribution >= 0.6 is 11.6 Å². The van der Waals surface area contributed by atoms with Crippen LogP contribution in [-0.4, -0.2) is 10.9 Å². The number of nitrogens with one attached hydrogen (secondary N) is 2. The van der Waals surface area contributed by atoms with Crippen LogP contribution in [0.5, 0.6) is 0 Å². The molecule has 0 radical (unpaired) electrons. The van der Waals surface area contributed by atoms with Crippen LogP contribution in [0.4, 0.5) is 30.4 Å². The fourth-order valence-corrected chi connectivity index (χ4v) is 2.46. The van der Waals surface area contributed by atoms with Crippen molar-refractivity contribution in [3.05, 3.63) is 83.0 Å². The molecule has 27 heavy (non-hydrogen) atoms. The van der Waals surface area contributed by atoms with Gasteiger partial charge in [-0.25, -0.2) is 4.98 Å². The molecule has 0 saturated carbocycles. The van der Waals surface area contributed by atoms with Crippen molar-refractivity contribution in [1.82, 2.24) is 4.98 Å². The van der Waals surface area contributed by atoms with E-state index in [2.05, 4.69) is 15.6 Å². The zero-order valence-corrected chi connectivity index (χ0v) is 14.5. The molecule has 0 atom stereocenters. The van der Waals surface area contributed by atoms with Crippen molar-refractivity contribution in [1.29, 1.82) is 0 Å². The highest BCUT2D eigenvalue weighted by Gasteiger charge is 2.30. The average molecular weight is 392 g/mol. The number of anilines is 3. The highest BCUT2D eigenvalue weighted by atomic mass is 35.5. The van der Waals surface area contributed by atoms with Crippen LogP contribution in [0.2, 0.25) is 5.02 Å². The molecule has 8 heteroatoms. The van der Waals surface area contributed by atoms with Crippen LogP contribution in [0.15, 0.2) is 66.9 Å². The number of rotatable bonds is 4. The molecule has 0 aliphatic carbocycles. The molecule has 0 spiro atoms. The number of carbonyl (C=O) groups excluding carboxylic acids is 1. The molecule has 2 aromatic carbocycles. The van der Waals surface area contributed by atoms with Gasteiger partial charge in [0.25, 0.3) is 5.91 Å². The molecule has 1 amide bonds. The largest absolute Gasteiger partial charge is 0.416 e. The summed E-state index contributed by atoms with van der Waals surface area (Å²) in [5.41, 5.74) is 0.0859. The number of carbonyl (C=O) groups is 1. The predicted octanol–water partition coefficient (Wildman–Crippen LogP) is 5.75. The summed E-state index contributed by atoms with van der Waals surface area (Å²) in [7, 11) is 0. The number of hydrogen-bond acceptors (Lipinski definition) is 3. The minimum absolute atomic E-state index is 0.142. The molecule has 0 aliphatic heterocycles. The Morgan fingerprint density at radius 3 is 2.41 bits per heavy atom. The zero-order chi connectivity index (χ0) is 19.4. The van der Waals surface area contributed by atoms with E-state index in [0.717, 1.165) is 12.1 Å². The Labute approximate surface area is 158 Å². The Bertz CT molecular complexity index is 959. The first-order valence-electron chi connectivity index (χ1n) is 7.79. The van der Waals surface area contributed by atoms with E-state index >= 15 is 0 Å². The maximum atomic E-state index is 12.9. The van der Waals surface area contributed by atoms with Gasteiger partial charge in [-0.2, -0.15) is 13.2 Å². The number of halogens is 4. The predicted molar refractivity (Wildman–Crippen MR) is 98.4 cm³/mol. The van der Waals surface area contributed by atoms with Gasteiger partial charge in [-0.05, 0) is 54.6 Å². The zero-order valence-electron chi connectivity index (χ0n) is 13.7. The molecule has 0 bridgehead atoms. The second-order valence-electron chi connectivity index (χ2n) is 5.56. The summed E-state index contributed by atoms with van der Waals surface area (Å²) in [5.74, 6) is -0.316. The lowest BCUT2D eigenvalue weighted by atomic mass is 10.1. The molecule has 0 aliphatic rings. The van der Waals surface area contributed by atoms with Crippen molar-refractivity contribution in [2.45, 2.75) is 6.18 Å². The molecule has 1 heterocycles. The number of pyridine rings is 1. The molecule has 3 aromatic rings. The lowest BCUT2D eigenvalue weighted by Gasteiger charge is -2.13. The topological polar surface area (TPSA) is 54.0 Å². The van der Waals surface area contributed by atoms with Crippen LogP contribution in [0.1, 0.15) is 15.9 Å². The lowest BCUT2D eigenvalue weighted by molar-refractivity contribution is -0.137. The highest BCUT2D eigenvalue weighted by molar-refractivity contribution is 6.30. The highest BCUT2D eigenvalue weighted by Crippen LogP contribution is 2.31. The third kappa shape index (κ3) is 4.77. The SMILES string of the molecule is O=C(Nc1ccc(Cl)cc1)c1cccnc1Nc1cccc(C(F)(F)F)c1. The van der Waals surface area contributed by atoms with Crippen molar-refractivity contribution < 1.29 is 18.0 Å². The van der Waals surface area contributed by atoms with Gasteiger partial charge in [0.15, 0.2) is 0 Å². The van der Waals surface area contributed by atoms with Crippen LogP contribution < -0.4 is 10.6 Å². The summed E-state index contributed by atoms with van der Waals surface area (Å²) in [6.45, 7) is 0. The molecule has 0 fully saturated rings. The van der Waals surface area contributed by atoms with Crippen molar-refractivity contribution in [3.63, 3.8) is 0 Å². The summed E-state index contributed by atoms with van der Waals surface area (Å²) < 4.78 is 38.6. The Morgan fingerprint density at radius 1 is 0.963 bits per heavy atom. The first kappa shape index (κ1) is 18.7. The van der Waals surface area contributed by atoms with E-state index < -0.39 is 17.6 Å². The average Bonchev–Trinajstić information content (AvgIpc) is 2.63. The second kappa shape index (κ2) is 7.67. The first-order chi connectivity index (χ1) is 12.8. The summed E-state index contributed by atoms with van der Waals surface area (Å²) in [4.78, 5) is 16.6. The number of hydrogen-bond donors (Lipinski definition) is 2. The van der Waals surface area contributed by atoms with E-state index in [9.17, 15) is 18.0 Å². The molecule has 1 aromatic heterocycles. The number of amides is 1. The smallest absolute Gasteiger partial charge is 0.340 e. The summed E-state index contributed by atoms with van der Waals surface area (Å²) >= 11 is 5.81. The molecule has 0 unspecified atom stereocenters. The van der Waals surface area contributed by atoms with Crippen LogP contribution in [0.25, 0.3) is 0 Å². The van der Waals surface area contributed by atoms with Gasteiger partial charge in [-0.1, -0.05) is 17.7 Å². The van der Waals surface area contributed by atoms with Gasteiger partial charge in [-0.15, -0.1) is 0 Å². The Hall–Kier alpha value is -3.06. The number of alkyl halides is 3. The van der Waals surface area contributed by atoms with Crippen LogP contribution in [0.3, 0.4) is 0 Å². The number of nitrogens with zero attached hydrogens (tertiary/aromatic N) is 1. The lowest BCUT2D eigenvalue weighted by Crippen LogP contribution is -2.14. The number of aromatic nitrogens is 1. The first-order valence-corrected chi connectivity index (χ1v) is 8.17. The third-order valence-electron chi connectivity index (χ3n) is 3.61. The standard InChI is InChI=1S/C19H13ClF3N3O/c20-13-6-8-14(9-7-13)26-18(27)16-5-2-10-24-17(16)25-15-4-1-3-12(11-15)19(21,22)23/h1-11H,(H,24,25)(H,26,27). The molecule has 0 saturated heterocycles. The summed E-state index contributed by atoms with van der Waals surface area (Å²) in [6, 6.07) is 14.3. The van der Waals surface area contributed by atoms with Gasteiger partial charge in [0, 0.05) is 22.6 Å². The summed E-state index contributed by atoms with van der Waals surface area (Å²) in [5, 5.41) is 5.99. The fraction of sp³-hybridized carbons (Fsp3) is 0.0526. The van der Waals surface area contributed by atoms with Crippen molar-refractivity contribution in [2.24, 2.45) is 0 Å². The van der Waals surface area contributed by atoms with E-state index in [1.54, 1.807) is 30.3 Å². The van der Waals surface area contributed by atoms with Crippen molar-refractivity contribution in [2.75, 3.05) is 10.6 Å². The Morgan fingerprint density at radius 2 is 1.70 bits per heavy atom. The minimum Gasteiger partial charge on any atom is -0.340 e. The molecule has 138 valence electrons. The van der Waals surface area contributed by atoms with Gasteiger partial charge in [0.2, 0.25) is 0 Å². The molecule has 2 N–H and O–H groups in total. The Kier molecular flexibility index (Phi) is 5.32. The quantitative estimate of drug-likeness (QED) is 0.595. The maximum Gasteiger partial charge on any atom is 0.416 e.